The highest BCUT2D eigenvalue weighted by atomic mass is 19.1. The van der Waals surface area contributed by atoms with Crippen molar-refractivity contribution in [2.45, 2.75) is 19.4 Å². The van der Waals surface area contributed by atoms with Crippen molar-refractivity contribution < 1.29 is 23.5 Å². The van der Waals surface area contributed by atoms with Gasteiger partial charge < -0.3 is 14.8 Å². The standard InChI is InChI=1S/C13H16FNO4/c1-13(2,12(17)18-8-11(16)15-3)19-10-6-4-9(14)5-7-10/h4-7H,8H2,1-3H3,(H,15,16). The Morgan fingerprint density at radius 1 is 1.26 bits per heavy atom. The van der Waals surface area contributed by atoms with Crippen LogP contribution in [0.3, 0.4) is 0 Å². The summed E-state index contributed by atoms with van der Waals surface area (Å²) in [5, 5.41) is 2.33. The van der Waals surface area contributed by atoms with E-state index in [0.29, 0.717) is 5.75 Å². The summed E-state index contributed by atoms with van der Waals surface area (Å²) in [5.74, 6) is -1.15. The van der Waals surface area contributed by atoms with Crippen LogP contribution in [0, 0.1) is 5.82 Å². The molecule has 1 aromatic rings. The molecule has 0 aromatic heterocycles. The molecule has 0 radical (unpaired) electrons. The normalized spacial score (nSPS) is 10.7. The lowest BCUT2D eigenvalue weighted by atomic mass is 10.1. The van der Waals surface area contributed by atoms with E-state index in [1.807, 2.05) is 0 Å². The molecule has 0 saturated heterocycles. The lowest BCUT2D eigenvalue weighted by Crippen LogP contribution is -2.41. The van der Waals surface area contributed by atoms with E-state index in [9.17, 15) is 14.0 Å². The van der Waals surface area contributed by atoms with Crippen molar-refractivity contribution in [2.24, 2.45) is 0 Å². The first-order valence-electron chi connectivity index (χ1n) is 5.67. The second-order valence-corrected chi connectivity index (χ2v) is 4.32. The van der Waals surface area contributed by atoms with Crippen molar-refractivity contribution in [3.8, 4) is 5.75 Å². The van der Waals surface area contributed by atoms with Crippen LogP contribution >= 0.6 is 0 Å². The van der Waals surface area contributed by atoms with Crippen LogP contribution in [0.5, 0.6) is 5.75 Å². The fourth-order valence-electron chi connectivity index (χ4n) is 1.22. The molecule has 1 rings (SSSR count). The Labute approximate surface area is 110 Å². The third-order valence-corrected chi connectivity index (χ3v) is 2.29. The molecule has 0 fully saturated rings. The van der Waals surface area contributed by atoms with Gasteiger partial charge in [0.2, 0.25) is 0 Å². The van der Waals surface area contributed by atoms with Gasteiger partial charge in [0.25, 0.3) is 5.91 Å². The number of carbonyl (C=O) groups excluding carboxylic acids is 2. The first-order valence-corrected chi connectivity index (χ1v) is 5.67. The van der Waals surface area contributed by atoms with Crippen molar-refractivity contribution >= 4 is 11.9 Å². The molecular weight excluding hydrogens is 253 g/mol. The van der Waals surface area contributed by atoms with E-state index in [1.165, 1.54) is 45.2 Å². The smallest absolute Gasteiger partial charge is 0.350 e. The molecule has 1 N–H and O–H groups in total. The third-order valence-electron chi connectivity index (χ3n) is 2.29. The predicted molar refractivity (Wildman–Crippen MR) is 66.1 cm³/mol. The molecular formula is C13H16FNO4. The molecule has 5 nitrogen and oxygen atoms in total. The number of likely N-dealkylation sites (N-methyl/N-ethyl adjacent to an activating group) is 1. The van der Waals surface area contributed by atoms with Gasteiger partial charge in [0.1, 0.15) is 11.6 Å². The molecule has 1 amide bonds. The van der Waals surface area contributed by atoms with Gasteiger partial charge >= 0.3 is 5.97 Å². The van der Waals surface area contributed by atoms with E-state index in [1.54, 1.807) is 0 Å². The number of halogens is 1. The number of carbonyl (C=O) groups is 2. The number of esters is 1. The minimum Gasteiger partial charge on any atom is -0.476 e. The Bertz CT molecular complexity index is 456. The zero-order chi connectivity index (χ0) is 14.5. The van der Waals surface area contributed by atoms with Gasteiger partial charge in [-0.25, -0.2) is 9.18 Å². The molecule has 0 saturated carbocycles. The van der Waals surface area contributed by atoms with Gasteiger partial charge in [0.05, 0.1) is 0 Å². The van der Waals surface area contributed by atoms with Crippen LogP contribution in [-0.2, 0) is 14.3 Å². The monoisotopic (exact) mass is 269 g/mol. The second kappa shape index (κ2) is 6.17. The summed E-state index contributed by atoms with van der Waals surface area (Å²) in [6.45, 7) is 2.64. The fourth-order valence-corrected chi connectivity index (χ4v) is 1.22. The molecule has 0 atom stereocenters. The van der Waals surface area contributed by atoms with Crippen LogP contribution in [0.2, 0.25) is 0 Å². The molecule has 1 aromatic carbocycles. The number of hydrogen-bond donors (Lipinski definition) is 1. The van der Waals surface area contributed by atoms with Gasteiger partial charge in [-0.2, -0.15) is 0 Å². The Balaban J connectivity index is 2.61. The van der Waals surface area contributed by atoms with E-state index in [0.717, 1.165) is 0 Å². The first kappa shape index (κ1) is 14.9. The third kappa shape index (κ3) is 4.57. The van der Waals surface area contributed by atoms with Crippen LogP contribution < -0.4 is 10.1 Å². The maximum Gasteiger partial charge on any atom is 0.350 e. The van der Waals surface area contributed by atoms with Crippen LogP contribution in [0.25, 0.3) is 0 Å². The van der Waals surface area contributed by atoms with Crippen LogP contribution in [-0.4, -0.2) is 31.1 Å². The molecule has 6 heteroatoms. The Kier molecular flexibility index (Phi) is 4.86. The first-order chi connectivity index (χ1) is 8.85. The van der Waals surface area contributed by atoms with E-state index in [4.69, 9.17) is 9.47 Å². The largest absolute Gasteiger partial charge is 0.476 e. The lowest BCUT2D eigenvalue weighted by Gasteiger charge is -2.24. The second-order valence-electron chi connectivity index (χ2n) is 4.32. The summed E-state index contributed by atoms with van der Waals surface area (Å²) in [6.07, 6.45) is 0. The Morgan fingerprint density at radius 2 is 1.84 bits per heavy atom. The predicted octanol–water partition coefficient (Wildman–Crippen LogP) is 1.27. The minimum absolute atomic E-state index is 0.336. The number of benzene rings is 1. The van der Waals surface area contributed by atoms with Crippen molar-refractivity contribution in [1.29, 1.82) is 0 Å². The van der Waals surface area contributed by atoms with Crippen molar-refractivity contribution in [1.82, 2.24) is 5.32 Å². The van der Waals surface area contributed by atoms with Crippen molar-refractivity contribution in [2.75, 3.05) is 13.7 Å². The van der Waals surface area contributed by atoms with Gasteiger partial charge in [-0.1, -0.05) is 0 Å². The molecule has 0 unspecified atom stereocenters. The average Bonchev–Trinajstić information content (AvgIpc) is 2.37. The maximum atomic E-state index is 12.7. The van der Waals surface area contributed by atoms with E-state index in [-0.39, 0.29) is 6.61 Å². The molecule has 0 bridgehead atoms. The zero-order valence-electron chi connectivity index (χ0n) is 11.0. The number of rotatable bonds is 5. The van der Waals surface area contributed by atoms with Gasteiger partial charge in [0, 0.05) is 7.05 Å². The summed E-state index contributed by atoms with van der Waals surface area (Å²) >= 11 is 0. The van der Waals surface area contributed by atoms with Gasteiger partial charge in [-0.15, -0.1) is 0 Å². The van der Waals surface area contributed by atoms with Crippen LogP contribution in [0.15, 0.2) is 24.3 Å². The number of hydrogen-bond acceptors (Lipinski definition) is 4. The average molecular weight is 269 g/mol. The van der Waals surface area contributed by atoms with Crippen LogP contribution in [0.4, 0.5) is 4.39 Å². The number of amides is 1. The summed E-state index contributed by atoms with van der Waals surface area (Å²) in [5.41, 5.74) is -1.27. The molecule has 0 aliphatic rings. The number of ether oxygens (including phenoxy) is 2. The summed E-state index contributed by atoms with van der Waals surface area (Å²) < 4.78 is 23.0. The topological polar surface area (TPSA) is 64.6 Å². The summed E-state index contributed by atoms with van der Waals surface area (Å²) in [4.78, 5) is 22.7. The summed E-state index contributed by atoms with van der Waals surface area (Å²) in [7, 11) is 1.44. The molecule has 0 aliphatic carbocycles. The van der Waals surface area contributed by atoms with E-state index in [2.05, 4.69) is 5.32 Å². The molecule has 0 aliphatic heterocycles. The van der Waals surface area contributed by atoms with Gasteiger partial charge in [0.15, 0.2) is 12.2 Å². The van der Waals surface area contributed by atoms with Crippen molar-refractivity contribution in [3.63, 3.8) is 0 Å². The maximum absolute atomic E-state index is 12.7. The van der Waals surface area contributed by atoms with Gasteiger partial charge in [-0.05, 0) is 38.1 Å². The quantitative estimate of drug-likeness (QED) is 0.818. The molecule has 0 heterocycles. The van der Waals surface area contributed by atoms with E-state index >= 15 is 0 Å². The molecule has 104 valence electrons. The van der Waals surface area contributed by atoms with E-state index < -0.39 is 23.3 Å². The highest BCUT2D eigenvalue weighted by Crippen LogP contribution is 2.19. The Hall–Kier alpha value is -2.11. The van der Waals surface area contributed by atoms with Crippen molar-refractivity contribution in [3.05, 3.63) is 30.1 Å². The molecule has 19 heavy (non-hydrogen) atoms. The highest BCUT2D eigenvalue weighted by Gasteiger charge is 2.32. The van der Waals surface area contributed by atoms with Gasteiger partial charge in [-0.3, -0.25) is 4.79 Å². The SMILES string of the molecule is CNC(=O)COC(=O)C(C)(C)Oc1ccc(F)cc1. The minimum atomic E-state index is -1.27. The van der Waals surface area contributed by atoms with Crippen LogP contribution in [0.1, 0.15) is 13.8 Å². The fraction of sp³-hybridized carbons (Fsp3) is 0.385. The summed E-state index contributed by atoms with van der Waals surface area (Å²) in [6, 6.07) is 5.26. The zero-order valence-corrected chi connectivity index (χ0v) is 11.0. The lowest BCUT2D eigenvalue weighted by molar-refractivity contribution is -0.161. The Morgan fingerprint density at radius 3 is 2.37 bits per heavy atom. The highest BCUT2D eigenvalue weighted by molar-refractivity contribution is 5.83. The number of nitrogens with one attached hydrogen (secondary N) is 1. The molecule has 0 spiro atoms.